The van der Waals surface area contributed by atoms with Crippen LogP contribution in [0.25, 0.3) is 0 Å². The molecule has 2 aromatic rings. The molecule has 0 spiro atoms. The predicted octanol–water partition coefficient (Wildman–Crippen LogP) is 4.48. The highest BCUT2D eigenvalue weighted by atomic mass is 32.2. The van der Waals surface area contributed by atoms with Crippen molar-refractivity contribution >= 4 is 17.7 Å². The van der Waals surface area contributed by atoms with Gasteiger partial charge in [-0.1, -0.05) is 36.4 Å². The number of carbonyl (C=O) groups excluding carboxylic acids is 1. The van der Waals surface area contributed by atoms with E-state index in [0.29, 0.717) is 26.1 Å². The van der Waals surface area contributed by atoms with Gasteiger partial charge in [0.25, 0.3) is 0 Å². The monoisotopic (exact) mass is 330 g/mol. The van der Waals surface area contributed by atoms with Gasteiger partial charge in [0, 0.05) is 11.3 Å². The maximum absolute atomic E-state index is 11.4. The van der Waals surface area contributed by atoms with E-state index in [9.17, 15) is 4.79 Å². The minimum atomic E-state index is -0.150. The lowest BCUT2D eigenvalue weighted by molar-refractivity contribution is -0.143. The summed E-state index contributed by atoms with van der Waals surface area (Å²) in [6.07, 6.45) is 3.12. The van der Waals surface area contributed by atoms with Crippen LogP contribution in [0.1, 0.15) is 24.5 Å². The van der Waals surface area contributed by atoms with Crippen molar-refractivity contribution in [2.75, 3.05) is 12.9 Å². The number of carbonyl (C=O) groups is 1. The molecule has 0 aliphatic carbocycles. The lowest BCUT2D eigenvalue weighted by Gasteiger charge is -2.12. The number of hydrogen-bond acceptors (Lipinski definition) is 4. The number of thioether (sulfide) groups is 1. The molecule has 0 aromatic heterocycles. The van der Waals surface area contributed by atoms with Gasteiger partial charge >= 0.3 is 5.97 Å². The van der Waals surface area contributed by atoms with Crippen molar-refractivity contribution in [1.29, 1.82) is 0 Å². The highest BCUT2D eigenvalue weighted by molar-refractivity contribution is 7.98. The lowest BCUT2D eigenvalue weighted by atomic mass is 10.1. The van der Waals surface area contributed by atoms with Crippen molar-refractivity contribution in [3.8, 4) is 5.75 Å². The van der Waals surface area contributed by atoms with Crippen LogP contribution in [-0.4, -0.2) is 18.8 Å². The Bertz CT molecular complexity index is 626. The van der Waals surface area contributed by atoms with Crippen LogP contribution in [0.4, 0.5) is 0 Å². The van der Waals surface area contributed by atoms with Crippen molar-refractivity contribution < 1.29 is 14.3 Å². The summed E-state index contributed by atoms with van der Waals surface area (Å²) in [5.74, 6) is 0.726. The zero-order valence-electron chi connectivity index (χ0n) is 13.6. The van der Waals surface area contributed by atoms with Crippen LogP contribution in [0.2, 0.25) is 0 Å². The first-order valence-electron chi connectivity index (χ1n) is 7.72. The second-order valence-corrected chi connectivity index (χ2v) is 5.91. The van der Waals surface area contributed by atoms with Gasteiger partial charge in [-0.2, -0.15) is 0 Å². The van der Waals surface area contributed by atoms with Gasteiger partial charge in [-0.15, -0.1) is 11.8 Å². The van der Waals surface area contributed by atoms with Crippen LogP contribution in [0.3, 0.4) is 0 Å². The first-order chi connectivity index (χ1) is 11.2. The Morgan fingerprint density at radius 2 is 1.87 bits per heavy atom. The Hall–Kier alpha value is -1.94. The highest BCUT2D eigenvalue weighted by Crippen LogP contribution is 2.29. The van der Waals surface area contributed by atoms with Crippen LogP contribution in [0.15, 0.2) is 53.4 Å². The molecule has 0 aliphatic rings. The maximum Gasteiger partial charge on any atom is 0.306 e. The predicted molar refractivity (Wildman–Crippen MR) is 94.0 cm³/mol. The summed E-state index contributed by atoms with van der Waals surface area (Å²) in [4.78, 5) is 12.5. The van der Waals surface area contributed by atoms with Crippen LogP contribution in [0.5, 0.6) is 5.75 Å². The van der Waals surface area contributed by atoms with Gasteiger partial charge in [0.1, 0.15) is 12.4 Å². The van der Waals surface area contributed by atoms with Gasteiger partial charge in [-0.3, -0.25) is 4.79 Å². The van der Waals surface area contributed by atoms with Crippen molar-refractivity contribution in [1.82, 2.24) is 0 Å². The van der Waals surface area contributed by atoms with Crippen molar-refractivity contribution in [2.24, 2.45) is 0 Å². The largest absolute Gasteiger partial charge is 0.488 e. The van der Waals surface area contributed by atoms with E-state index < -0.39 is 0 Å². The number of esters is 1. The van der Waals surface area contributed by atoms with Crippen LogP contribution in [0, 0.1) is 0 Å². The van der Waals surface area contributed by atoms with Crippen molar-refractivity contribution in [3.63, 3.8) is 0 Å². The summed E-state index contributed by atoms with van der Waals surface area (Å²) in [5, 5.41) is 0. The fourth-order valence-corrected chi connectivity index (χ4v) is 2.80. The second-order valence-electron chi connectivity index (χ2n) is 5.06. The third-order valence-electron chi connectivity index (χ3n) is 3.39. The highest BCUT2D eigenvalue weighted by Gasteiger charge is 2.07. The van der Waals surface area contributed by atoms with E-state index in [0.717, 1.165) is 21.8 Å². The quantitative estimate of drug-likeness (QED) is 0.528. The summed E-state index contributed by atoms with van der Waals surface area (Å²) < 4.78 is 10.9. The molecule has 2 rings (SSSR count). The Kier molecular flexibility index (Phi) is 7.01. The van der Waals surface area contributed by atoms with Crippen LogP contribution in [-0.2, 0) is 22.6 Å². The van der Waals surface area contributed by atoms with E-state index in [4.69, 9.17) is 9.47 Å². The average molecular weight is 330 g/mol. The normalized spacial score (nSPS) is 10.3. The van der Waals surface area contributed by atoms with E-state index in [2.05, 4.69) is 6.07 Å². The van der Waals surface area contributed by atoms with E-state index in [1.807, 2.05) is 55.6 Å². The van der Waals surface area contributed by atoms with E-state index in [1.165, 1.54) is 0 Å². The lowest BCUT2D eigenvalue weighted by Crippen LogP contribution is -2.05. The van der Waals surface area contributed by atoms with Gasteiger partial charge in [0.05, 0.1) is 6.61 Å². The SMILES string of the molecule is CCOC(=O)CCc1ccc(OCc2ccccc2)c(SC)c1. The number of benzene rings is 2. The van der Waals surface area contributed by atoms with Gasteiger partial charge in [0.2, 0.25) is 0 Å². The summed E-state index contributed by atoms with van der Waals surface area (Å²) in [6.45, 7) is 2.81. The molecule has 0 saturated heterocycles. The minimum Gasteiger partial charge on any atom is -0.488 e. The molecule has 122 valence electrons. The average Bonchev–Trinajstić information content (AvgIpc) is 2.59. The summed E-state index contributed by atoms with van der Waals surface area (Å²) in [5.41, 5.74) is 2.26. The molecule has 3 nitrogen and oxygen atoms in total. The molecule has 0 amide bonds. The first kappa shape index (κ1) is 17.4. The fourth-order valence-electron chi connectivity index (χ4n) is 2.20. The van der Waals surface area contributed by atoms with E-state index >= 15 is 0 Å². The smallest absolute Gasteiger partial charge is 0.306 e. The summed E-state index contributed by atoms with van der Waals surface area (Å²) in [7, 11) is 0. The van der Waals surface area contributed by atoms with Gasteiger partial charge < -0.3 is 9.47 Å². The molecule has 23 heavy (non-hydrogen) atoms. The van der Waals surface area contributed by atoms with Gasteiger partial charge in [0.15, 0.2) is 0 Å². The molecule has 0 radical (unpaired) electrons. The van der Waals surface area contributed by atoms with Crippen LogP contribution >= 0.6 is 11.8 Å². The van der Waals surface area contributed by atoms with Crippen LogP contribution < -0.4 is 4.74 Å². The molecule has 0 heterocycles. The second kappa shape index (κ2) is 9.26. The molecular formula is C19H22O3S. The van der Waals surface area contributed by atoms with E-state index in [1.54, 1.807) is 11.8 Å². The number of ether oxygens (including phenoxy) is 2. The van der Waals surface area contributed by atoms with E-state index in [-0.39, 0.29) is 5.97 Å². The Morgan fingerprint density at radius 3 is 2.57 bits per heavy atom. The Morgan fingerprint density at radius 1 is 1.09 bits per heavy atom. The zero-order valence-corrected chi connectivity index (χ0v) is 14.4. The molecule has 0 fully saturated rings. The molecule has 4 heteroatoms. The molecule has 0 N–H and O–H groups in total. The molecule has 2 aromatic carbocycles. The van der Waals surface area contributed by atoms with Gasteiger partial charge in [-0.05, 0) is 42.9 Å². The van der Waals surface area contributed by atoms with Crippen molar-refractivity contribution in [3.05, 3.63) is 59.7 Å². The third kappa shape index (κ3) is 5.64. The van der Waals surface area contributed by atoms with Crippen molar-refractivity contribution in [2.45, 2.75) is 31.3 Å². The molecule has 0 bridgehead atoms. The number of hydrogen-bond donors (Lipinski definition) is 0. The molecular weight excluding hydrogens is 308 g/mol. The molecule has 0 atom stereocenters. The fraction of sp³-hybridized carbons (Fsp3) is 0.316. The van der Waals surface area contributed by atoms with Gasteiger partial charge in [-0.25, -0.2) is 0 Å². The first-order valence-corrected chi connectivity index (χ1v) is 8.94. The number of aryl methyl sites for hydroxylation is 1. The number of rotatable bonds is 8. The minimum absolute atomic E-state index is 0.150. The third-order valence-corrected chi connectivity index (χ3v) is 4.15. The molecule has 0 aliphatic heterocycles. The standard InChI is InChI=1S/C19H22O3S/c1-3-21-19(20)12-10-15-9-11-17(18(13-15)23-2)22-14-16-7-5-4-6-8-16/h4-9,11,13H,3,10,12,14H2,1-2H3. The summed E-state index contributed by atoms with van der Waals surface area (Å²) >= 11 is 1.65. The maximum atomic E-state index is 11.4. The molecule has 0 unspecified atom stereocenters. The Labute approximate surface area is 142 Å². The zero-order chi connectivity index (χ0) is 16.5. The molecule has 0 saturated carbocycles. The Balaban J connectivity index is 1.97. The summed E-state index contributed by atoms with van der Waals surface area (Å²) in [6, 6.07) is 16.2. The topological polar surface area (TPSA) is 35.5 Å².